The molecule has 0 spiro atoms. The maximum atomic E-state index is 14.1. The lowest BCUT2D eigenvalue weighted by atomic mass is 10.2. The summed E-state index contributed by atoms with van der Waals surface area (Å²) in [5, 5.41) is 1.86. The van der Waals surface area contributed by atoms with Crippen molar-refractivity contribution in [3.63, 3.8) is 0 Å². The maximum Gasteiger partial charge on any atom is 0.143 e. The second kappa shape index (κ2) is 8.13. The second-order valence-electron chi connectivity index (χ2n) is 5.89. The Hall–Kier alpha value is -1.85. The molecule has 0 heterocycles. The van der Waals surface area contributed by atoms with E-state index >= 15 is 0 Å². The Balaban J connectivity index is 2.63. The molecule has 1 unspecified atom stereocenters. The third kappa shape index (κ3) is 4.33. The number of hydrogen-bond acceptors (Lipinski definition) is 1. The van der Waals surface area contributed by atoms with Gasteiger partial charge in [-0.05, 0) is 25.0 Å². The zero-order valence-corrected chi connectivity index (χ0v) is 14.9. The first-order valence-corrected chi connectivity index (χ1v) is 10.0. The van der Waals surface area contributed by atoms with Crippen LogP contribution in [0, 0.1) is 0 Å². The summed E-state index contributed by atoms with van der Waals surface area (Å²) in [5.74, 6) is 0. The Morgan fingerprint density at radius 1 is 1.04 bits per heavy atom. The predicted molar refractivity (Wildman–Crippen MR) is 103 cm³/mol. The van der Waals surface area contributed by atoms with Crippen LogP contribution in [0.1, 0.15) is 32.3 Å². The molecule has 1 nitrogen and oxygen atoms in total. The molecule has 2 aromatic rings. The van der Waals surface area contributed by atoms with Crippen LogP contribution in [-0.4, -0.2) is 6.16 Å². The zero-order valence-electron chi connectivity index (χ0n) is 14.0. The van der Waals surface area contributed by atoms with Crippen molar-refractivity contribution in [2.75, 3.05) is 6.16 Å². The summed E-state index contributed by atoms with van der Waals surface area (Å²) >= 11 is 0. The Bertz CT molecular complexity index is 714. The van der Waals surface area contributed by atoms with E-state index in [1.807, 2.05) is 73.7 Å². The fourth-order valence-corrected chi connectivity index (χ4v) is 5.86. The highest BCUT2D eigenvalue weighted by Gasteiger charge is 2.29. The predicted octanol–water partition coefficient (Wildman–Crippen LogP) is 6.09. The van der Waals surface area contributed by atoms with Crippen molar-refractivity contribution >= 4 is 17.8 Å². The molecule has 0 aliphatic rings. The monoisotopic (exact) mass is 324 g/mol. The van der Waals surface area contributed by atoms with Gasteiger partial charge in [0.05, 0.1) is 0 Å². The largest absolute Gasteiger partial charge is 0.314 e. The molecular weight excluding hydrogens is 299 g/mol. The molecule has 23 heavy (non-hydrogen) atoms. The van der Waals surface area contributed by atoms with Crippen molar-refractivity contribution < 1.29 is 4.57 Å². The first-order valence-electron chi connectivity index (χ1n) is 8.16. The van der Waals surface area contributed by atoms with Gasteiger partial charge in [-0.25, -0.2) is 0 Å². The number of rotatable bonds is 7. The molecule has 2 heteroatoms. The van der Waals surface area contributed by atoms with Gasteiger partial charge in [-0.15, -0.1) is 0 Å². The Morgan fingerprint density at radius 3 is 2.13 bits per heavy atom. The van der Waals surface area contributed by atoms with Crippen LogP contribution < -0.4 is 5.30 Å². The molecule has 1 atom stereocenters. The lowest BCUT2D eigenvalue weighted by molar-refractivity contribution is 0.585. The van der Waals surface area contributed by atoms with E-state index in [4.69, 9.17) is 0 Å². The zero-order chi connectivity index (χ0) is 16.7. The average molecular weight is 324 g/mol. The molecule has 0 saturated heterocycles. The lowest BCUT2D eigenvalue weighted by Gasteiger charge is -2.23. The summed E-state index contributed by atoms with van der Waals surface area (Å²) in [5.41, 5.74) is 1.95. The third-order valence-corrected chi connectivity index (χ3v) is 7.09. The third-order valence-electron chi connectivity index (χ3n) is 3.84. The molecule has 0 bridgehead atoms. The van der Waals surface area contributed by atoms with E-state index in [1.54, 1.807) is 0 Å². The highest BCUT2D eigenvalue weighted by atomic mass is 31.2. The number of benzene rings is 2. The van der Waals surface area contributed by atoms with E-state index in [1.165, 1.54) is 0 Å². The van der Waals surface area contributed by atoms with E-state index in [0.717, 1.165) is 34.6 Å². The van der Waals surface area contributed by atoms with Crippen LogP contribution in [0.3, 0.4) is 0 Å². The summed E-state index contributed by atoms with van der Waals surface area (Å²) in [6, 6.07) is 20.0. The van der Waals surface area contributed by atoms with Gasteiger partial charge in [-0.2, -0.15) is 0 Å². The van der Waals surface area contributed by atoms with Crippen LogP contribution >= 0.6 is 7.14 Å². The average Bonchev–Trinajstić information content (AvgIpc) is 2.59. The molecule has 0 amide bonds. The summed E-state index contributed by atoms with van der Waals surface area (Å²) < 4.78 is 14.1. The lowest BCUT2D eigenvalue weighted by Crippen LogP contribution is -2.09. The Kier molecular flexibility index (Phi) is 6.19. The molecule has 0 aromatic heterocycles. The van der Waals surface area contributed by atoms with Crippen LogP contribution in [0.4, 0.5) is 0 Å². The van der Waals surface area contributed by atoms with E-state index in [2.05, 4.69) is 13.5 Å². The standard InChI is InChI=1S/C21H25OP/c1-4-5-16-23(22,20-14-10-7-11-15-20)21(17-18(2)3)19-12-8-6-9-13-19/h6-15,17H,2,4-5,16H2,1,3H3/b21-17+. The van der Waals surface area contributed by atoms with Gasteiger partial charge >= 0.3 is 0 Å². The van der Waals surface area contributed by atoms with Crippen molar-refractivity contribution in [2.45, 2.75) is 26.7 Å². The molecule has 2 rings (SSSR count). The Labute approximate surface area is 140 Å². The van der Waals surface area contributed by atoms with Gasteiger partial charge in [0.15, 0.2) is 0 Å². The van der Waals surface area contributed by atoms with Gasteiger partial charge in [0.2, 0.25) is 0 Å². The van der Waals surface area contributed by atoms with Crippen LogP contribution in [0.15, 0.2) is 78.9 Å². The summed E-state index contributed by atoms with van der Waals surface area (Å²) in [7, 11) is -2.67. The fraction of sp³-hybridized carbons (Fsp3) is 0.238. The van der Waals surface area contributed by atoms with Crippen LogP contribution in [-0.2, 0) is 4.57 Å². The molecule has 2 aromatic carbocycles. The second-order valence-corrected chi connectivity index (χ2v) is 8.82. The maximum absolute atomic E-state index is 14.1. The van der Waals surface area contributed by atoms with Gasteiger partial charge in [-0.1, -0.05) is 86.2 Å². The smallest absolute Gasteiger partial charge is 0.143 e. The highest BCUT2D eigenvalue weighted by molar-refractivity contribution is 7.81. The van der Waals surface area contributed by atoms with Crippen molar-refractivity contribution in [3.05, 3.63) is 84.5 Å². The number of unbranched alkanes of at least 4 members (excludes halogenated alkanes) is 1. The summed E-state index contributed by atoms with van der Waals surface area (Å²) in [6.45, 7) is 8.11. The van der Waals surface area contributed by atoms with Crippen LogP contribution in [0.5, 0.6) is 0 Å². The van der Waals surface area contributed by atoms with E-state index in [-0.39, 0.29) is 0 Å². The van der Waals surface area contributed by atoms with Crippen molar-refractivity contribution in [1.82, 2.24) is 0 Å². The molecule has 0 aliphatic carbocycles. The van der Waals surface area contributed by atoms with Crippen molar-refractivity contribution in [2.24, 2.45) is 0 Å². The van der Waals surface area contributed by atoms with Crippen molar-refractivity contribution in [3.8, 4) is 0 Å². The molecule has 0 radical (unpaired) electrons. The van der Waals surface area contributed by atoms with E-state index < -0.39 is 7.14 Å². The number of hydrogen-bond donors (Lipinski definition) is 0. The molecule has 0 fully saturated rings. The fourth-order valence-electron chi connectivity index (χ4n) is 2.68. The van der Waals surface area contributed by atoms with Gasteiger partial charge in [0, 0.05) is 16.8 Å². The molecule has 0 saturated carbocycles. The Morgan fingerprint density at radius 2 is 1.61 bits per heavy atom. The molecular formula is C21H25OP. The first kappa shape index (κ1) is 17.5. The summed E-state index contributed by atoms with van der Waals surface area (Å²) in [6.07, 6.45) is 4.68. The summed E-state index contributed by atoms with van der Waals surface area (Å²) in [4.78, 5) is 0. The van der Waals surface area contributed by atoms with Gasteiger partial charge in [0.25, 0.3) is 0 Å². The topological polar surface area (TPSA) is 17.1 Å². The minimum atomic E-state index is -2.67. The van der Waals surface area contributed by atoms with Gasteiger partial charge in [-0.3, -0.25) is 0 Å². The van der Waals surface area contributed by atoms with Crippen molar-refractivity contribution in [1.29, 1.82) is 0 Å². The SMILES string of the molecule is C=C(C)/C=C(\c1ccccc1)P(=O)(CCCC)c1ccccc1. The minimum Gasteiger partial charge on any atom is -0.314 e. The normalized spacial score (nSPS) is 14.3. The van der Waals surface area contributed by atoms with Crippen LogP contribution in [0.25, 0.3) is 5.31 Å². The van der Waals surface area contributed by atoms with Gasteiger partial charge in [0.1, 0.15) is 7.14 Å². The number of allylic oxidation sites excluding steroid dienone is 2. The molecule has 0 N–H and O–H groups in total. The highest BCUT2D eigenvalue weighted by Crippen LogP contribution is 2.58. The van der Waals surface area contributed by atoms with Gasteiger partial charge < -0.3 is 4.57 Å². The molecule has 120 valence electrons. The van der Waals surface area contributed by atoms with E-state index in [0.29, 0.717) is 6.16 Å². The van der Waals surface area contributed by atoms with Crippen LogP contribution in [0.2, 0.25) is 0 Å². The first-order chi connectivity index (χ1) is 11.1. The quantitative estimate of drug-likeness (QED) is 0.445. The molecule has 0 aliphatic heterocycles. The van der Waals surface area contributed by atoms with E-state index in [9.17, 15) is 4.57 Å². The minimum absolute atomic E-state index is 0.696.